The normalized spacial score (nSPS) is 11.2. The lowest BCUT2D eigenvalue weighted by Gasteiger charge is -2.10. The number of aromatic nitrogens is 6. The number of nitrogens with one attached hydrogen (secondary N) is 1. The van der Waals surface area contributed by atoms with E-state index in [1.807, 2.05) is 28.9 Å². The zero-order valence-electron chi connectivity index (χ0n) is 14.7. The highest BCUT2D eigenvalue weighted by Crippen LogP contribution is 2.26. The van der Waals surface area contributed by atoms with Crippen molar-refractivity contribution in [2.45, 2.75) is 24.8 Å². The number of aromatic amines is 1. The molecular weight excluding hydrogens is 348 g/mol. The molecule has 7 nitrogen and oxygen atoms in total. The molecule has 4 rings (SSSR count). The number of para-hydroxylation sites is 1. The third-order valence-electron chi connectivity index (χ3n) is 4.19. The lowest BCUT2D eigenvalue weighted by atomic mass is 10.1. The van der Waals surface area contributed by atoms with E-state index < -0.39 is 0 Å². The van der Waals surface area contributed by atoms with Gasteiger partial charge < -0.3 is 9.72 Å². The molecule has 0 aliphatic carbocycles. The summed E-state index contributed by atoms with van der Waals surface area (Å²) in [6.07, 6.45) is 0. The molecule has 0 spiro atoms. The lowest BCUT2D eigenvalue weighted by molar-refractivity contribution is 0.415. The summed E-state index contributed by atoms with van der Waals surface area (Å²) in [5.74, 6) is 2.19. The fourth-order valence-corrected chi connectivity index (χ4v) is 3.69. The number of fused-ring (bicyclic) bond motifs is 1. The van der Waals surface area contributed by atoms with E-state index in [9.17, 15) is 0 Å². The van der Waals surface area contributed by atoms with Gasteiger partial charge in [0, 0.05) is 6.07 Å². The van der Waals surface area contributed by atoms with E-state index in [4.69, 9.17) is 4.74 Å². The molecule has 132 valence electrons. The molecule has 2 aromatic carbocycles. The van der Waals surface area contributed by atoms with Gasteiger partial charge in [-0.05, 0) is 47.5 Å². The molecule has 0 radical (unpaired) electrons. The zero-order chi connectivity index (χ0) is 18.1. The summed E-state index contributed by atoms with van der Waals surface area (Å²) >= 11 is 1.57. The second-order valence-corrected chi connectivity index (χ2v) is 6.93. The maximum atomic E-state index is 5.25. The fraction of sp³-hybridized carbons (Fsp3) is 0.222. The van der Waals surface area contributed by atoms with Gasteiger partial charge in [-0.1, -0.05) is 30.0 Å². The second-order valence-electron chi connectivity index (χ2n) is 5.96. The standard InChI is InChI=1S/C18H18N6OS/c1-11-5-4-6-12(2)17(11)24-16(21-22-23-24)10-26-18-19-14-8-7-13(25-3)9-15(14)20-18/h4-9H,10H2,1-3H3,(H,19,20). The molecular formula is C18H18N6OS. The Labute approximate surface area is 154 Å². The molecule has 0 bridgehead atoms. The van der Waals surface area contributed by atoms with Crippen molar-refractivity contribution >= 4 is 22.8 Å². The van der Waals surface area contributed by atoms with Gasteiger partial charge in [-0.25, -0.2) is 4.98 Å². The fourth-order valence-electron chi connectivity index (χ4n) is 2.90. The van der Waals surface area contributed by atoms with Gasteiger partial charge in [0.15, 0.2) is 11.0 Å². The van der Waals surface area contributed by atoms with Gasteiger partial charge in [0.25, 0.3) is 0 Å². The summed E-state index contributed by atoms with van der Waals surface area (Å²) < 4.78 is 7.06. The van der Waals surface area contributed by atoms with Crippen LogP contribution in [0.2, 0.25) is 0 Å². The van der Waals surface area contributed by atoms with E-state index >= 15 is 0 Å². The van der Waals surface area contributed by atoms with Crippen LogP contribution in [0.5, 0.6) is 5.75 Å². The summed E-state index contributed by atoms with van der Waals surface area (Å²) in [5, 5.41) is 13.1. The minimum Gasteiger partial charge on any atom is -0.497 e. The van der Waals surface area contributed by atoms with Crippen molar-refractivity contribution in [2.75, 3.05) is 7.11 Å². The van der Waals surface area contributed by atoms with Crippen molar-refractivity contribution in [3.63, 3.8) is 0 Å². The van der Waals surface area contributed by atoms with Crippen molar-refractivity contribution in [2.24, 2.45) is 0 Å². The van der Waals surface area contributed by atoms with Gasteiger partial charge in [-0.2, -0.15) is 4.68 Å². The van der Waals surface area contributed by atoms with Crippen LogP contribution in [0, 0.1) is 13.8 Å². The van der Waals surface area contributed by atoms with Gasteiger partial charge >= 0.3 is 0 Å². The molecule has 0 saturated carbocycles. The molecule has 0 aliphatic heterocycles. The first-order chi connectivity index (χ1) is 12.7. The number of rotatable bonds is 5. The van der Waals surface area contributed by atoms with Crippen molar-refractivity contribution in [1.82, 2.24) is 30.2 Å². The number of aryl methyl sites for hydroxylation is 2. The Kier molecular flexibility index (Phi) is 4.34. The minimum absolute atomic E-state index is 0.609. The van der Waals surface area contributed by atoms with Gasteiger partial charge in [0.2, 0.25) is 0 Å². The number of hydrogen-bond donors (Lipinski definition) is 1. The SMILES string of the molecule is COc1ccc2nc(SCc3nnnn3-c3c(C)cccc3C)[nH]c2c1. The number of benzene rings is 2. The van der Waals surface area contributed by atoms with E-state index in [1.54, 1.807) is 18.9 Å². The van der Waals surface area contributed by atoms with E-state index in [1.165, 1.54) is 0 Å². The summed E-state index contributed by atoms with van der Waals surface area (Å²) in [5.41, 5.74) is 5.16. The van der Waals surface area contributed by atoms with E-state index in [-0.39, 0.29) is 0 Å². The number of hydrogen-bond acceptors (Lipinski definition) is 6. The van der Waals surface area contributed by atoms with E-state index in [0.29, 0.717) is 5.75 Å². The molecule has 26 heavy (non-hydrogen) atoms. The Balaban J connectivity index is 1.59. The summed E-state index contributed by atoms with van der Waals surface area (Å²) in [4.78, 5) is 7.91. The summed E-state index contributed by atoms with van der Waals surface area (Å²) in [6, 6.07) is 11.9. The average molecular weight is 366 g/mol. The minimum atomic E-state index is 0.609. The molecule has 0 amide bonds. The van der Waals surface area contributed by atoms with Crippen LogP contribution in [0.1, 0.15) is 17.0 Å². The van der Waals surface area contributed by atoms with Crippen LogP contribution in [0.15, 0.2) is 41.6 Å². The first-order valence-corrected chi connectivity index (χ1v) is 9.14. The molecule has 2 heterocycles. The maximum absolute atomic E-state index is 5.25. The Morgan fingerprint density at radius 1 is 1.15 bits per heavy atom. The Hall–Kier alpha value is -2.87. The average Bonchev–Trinajstić information content (AvgIpc) is 3.25. The highest BCUT2D eigenvalue weighted by Gasteiger charge is 2.14. The van der Waals surface area contributed by atoms with Crippen molar-refractivity contribution < 1.29 is 4.74 Å². The number of nitrogens with zero attached hydrogens (tertiary/aromatic N) is 5. The van der Waals surface area contributed by atoms with Gasteiger partial charge in [-0.15, -0.1) is 5.10 Å². The first kappa shape index (κ1) is 16.6. The van der Waals surface area contributed by atoms with Crippen LogP contribution < -0.4 is 4.74 Å². The van der Waals surface area contributed by atoms with E-state index in [2.05, 4.69) is 51.5 Å². The molecule has 0 atom stereocenters. The Morgan fingerprint density at radius 2 is 1.96 bits per heavy atom. The van der Waals surface area contributed by atoms with Gasteiger partial charge in [0.05, 0.1) is 29.6 Å². The number of tetrazole rings is 1. The van der Waals surface area contributed by atoms with E-state index in [0.717, 1.165) is 44.6 Å². The number of H-pyrrole nitrogens is 1. The summed E-state index contributed by atoms with van der Waals surface area (Å²) in [7, 11) is 1.65. The second kappa shape index (κ2) is 6.80. The van der Waals surface area contributed by atoms with Crippen LogP contribution in [0.3, 0.4) is 0 Å². The van der Waals surface area contributed by atoms with Crippen molar-refractivity contribution in [3.05, 3.63) is 53.3 Å². The molecule has 0 fully saturated rings. The Morgan fingerprint density at radius 3 is 2.73 bits per heavy atom. The molecule has 0 aliphatic rings. The molecule has 0 unspecified atom stereocenters. The smallest absolute Gasteiger partial charge is 0.167 e. The topological polar surface area (TPSA) is 81.5 Å². The molecule has 8 heteroatoms. The lowest BCUT2D eigenvalue weighted by Crippen LogP contribution is -2.06. The highest BCUT2D eigenvalue weighted by atomic mass is 32.2. The monoisotopic (exact) mass is 366 g/mol. The van der Waals surface area contributed by atoms with Gasteiger partial charge in [-0.3, -0.25) is 0 Å². The third-order valence-corrected chi connectivity index (χ3v) is 5.06. The number of thioether (sulfide) groups is 1. The summed E-state index contributed by atoms with van der Waals surface area (Å²) in [6.45, 7) is 4.13. The van der Waals surface area contributed by atoms with Crippen LogP contribution in [0.4, 0.5) is 0 Å². The number of ether oxygens (including phenoxy) is 1. The zero-order valence-corrected chi connectivity index (χ0v) is 15.5. The molecule has 1 N–H and O–H groups in total. The van der Waals surface area contributed by atoms with Crippen LogP contribution in [-0.4, -0.2) is 37.3 Å². The van der Waals surface area contributed by atoms with Crippen molar-refractivity contribution in [3.8, 4) is 11.4 Å². The maximum Gasteiger partial charge on any atom is 0.167 e. The van der Waals surface area contributed by atoms with Crippen LogP contribution in [-0.2, 0) is 5.75 Å². The first-order valence-electron chi connectivity index (χ1n) is 8.16. The Bertz CT molecular complexity index is 1050. The third kappa shape index (κ3) is 3.03. The van der Waals surface area contributed by atoms with Crippen molar-refractivity contribution in [1.29, 1.82) is 0 Å². The van der Waals surface area contributed by atoms with Crippen LogP contribution in [0.25, 0.3) is 16.7 Å². The highest BCUT2D eigenvalue weighted by molar-refractivity contribution is 7.98. The van der Waals surface area contributed by atoms with Crippen LogP contribution >= 0.6 is 11.8 Å². The molecule has 4 aromatic rings. The molecule has 2 aromatic heterocycles. The predicted octanol–water partition coefficient (Wildman–Crippen LogP) is 3.46. The number of imidazole rings is 1. The number of methoxy groups -OCH3 is 1. The quantitative estimate of drug-likeness (QED) is 0.545. The predicted molar refractivity (Wildman–Crippen MR) is 101 cm³/mol. The molecule has 0 saturated heterocycles. The largest absolute Gasteiger partial charge is 0.497 e. The van der Waals surface area contributed by atoms with Gasteiger partial charge in [0.1, 0.15) is 5.75 Å².